The van der Waals surface area contributed by atoms with Crippen LogP contribution in [0.15, 0.2) is 47.5 Å². The van der Waals surface area contributed by atoms with E-state index in [1.165, 1.54) is 24.3 Å². The van der Waals surface area contributed by atoms with Crippen molar-refractivity contribution in [3.63, 3.8) is 0 Å². The van der Waals surface area contributed by atoms with Crippen LogP contribution in [-0.4, -0.2) is 24.1 Å². The van der Waals surface area contributed by atoms with E-state index in [4.69, 9.17) is 11.6 Å². The van der Waals surface area contributed by atoms with E-state index in [2.05, 4.69) is 10.3 Å². The van der Waals surface area contributed by atoms with Gasteiger partial charge in [-0.15, -0.1) is 0 Å². The van der Waals surface area contributed by atoms with Crippen molar-refractivity contribution in [1.82, 2.24) is 4.98 Å². The molecular formula is C18H19ClN2O3S. The summed E-state index contributed by atoms with van der Waals surface area (Å²) in [6, 6.07) is 9.44. The highest BCUT2D eigenvalue weighted by molar-refractivity contribution is 7.93. The first kappa shape index (κ1) is 17.9. The van der Waals surface area contributed by atoms with Crippen LogP contribution in [0.5, 0.6) is 0 Å². The Morgan fingerprint density at radius 3 is 2.32 bits per heavy atom. The number of carbonyl (C=O) groups is 1. The zero-order chi connectivity index (χ0) is 18.1. The summed E-state index contributed by atoms with van der Waals surface area (Å²) in [4.78, 5) is 17.2. The fraction of sp³-hybridized carbons (Fsp3) is 0.333. The van der Waals surface area contributed by atoms with Gasteiger partial charge in [0.05, 0.1) is 4.90 Å². The normalized spacial score (nSPS) is 16.6. The summed E-state index contributed by atoms with van der Waals surface area (Å²) in [6.07, 6.45) is 3.62. The van der Waals surface area contributed by atoms with Gasteiger partial charge in [0.25, 0.3) is 0 Å². The van der Waals surface area contributed by atoms with E-state index in [0.29, 0.717) is 36.5 Å². The molecule has 1 aliphatic carbocycles. The monoisotopic (exact) mass is 378 g/mol. The van der Waals surface area contributed by atoms with Crippen LogP contribution >= 0.6 is 11.6 Å². The maximum atomic E-state index is 13.2. The molecule has 0 atom stereocenters. The van der Waals surface area contributed by atoms with Crippen molar-refractivity contribution in [3.05, 3.63) is 53.2 Å². The molecule has 0 spiro atoms. The quantitative estimate of drug-likeness (QED) is 0.878. The summed E-state index contributed by atoms with van der Waals surface area (Å²) in [5.41, 5.74) is 0.961. The predicted molar refractivity (Wildman–Crippen MR) is 97.4 cm³/mol. The zero-order valence-corrected chi connectivity index (χ0v) is 15.4. The number of amides is 1. The molecule has 2 aromatic rings. The number of aromatic nitrogens is 1. The highest BCUT2D eigenvalue weighted by Gasteiger charge is 2.53. The Morgan fingerprint density at radius 1 is 1.12 bits per heavy atom. The van der Waals surface area contributed by atoms with Gasteiger partial charge >= 0.3 is 0 Å². The number of carbonyl (C=O) groups excluding carboxylic acids is 1. The molecule has 0 saturated heterocycles. The van der Waals surface area contributed by atoms with E-state index in [1.54, 1.807) is 12.3 Å². The van der Waals surface area contributed by atoms with E-state index in [9.17, 15) is 13.2 Å². The Hall–Kier alpha value is -1.92. The third kappa shape index (κ3) is 3.28. The zero-order valence-electron chi connectivity index (χ0n) is 13.8. The van der Waals surface area contributed by atoms with Crippen LogP contribution in [0, 0.1) is 6.92 Å². The van der Waals surface area contributed by atoms with Crippen LogP contribution in [-0.2, 0) is 14.6 Å². The van der Waals surface area contributed by atoms with Crippen molar-refractivity contribution in [2.75, 3.05) is 5.32 Å². The smallest absolute Gasteiger partial charge is 0.247 e. The molecule has 0 radical (unpaired) electrons. The van der Waals surface area contributed by atoms with Crippen molar-refractivity contribution in [2.24, 2.45) is 0 Å². The van der Waals surface area contributed by atoms with E-state index in [1.807, 2.05) is 13.0 Å². The van der Waals surface area contributed by atoms with Crippen molar-refractivity contribution >= 4 is 33.2 Å². The van der Waals surface area contributed by atoms with Gasteiger partial charge in [0.1, 0.15) is 5.82 Å². The molecule has 1 aromatic carbocycles. The first-order valence-electron chi connectivity index (χ1n) is 8.09. The van der Waals surface area contributed by atoms with Crippen molar-refractivity contribution in [3.8, 4) is 0 Å². The molecule has 3 rings (SSSR count). The van der Waals surface area contributed by atoms with E-state index >= 15 is 0 Å². The van der Waals surface area contributed by atoms with E-state index in [-0.39, 0.29) is 4.90 Å². The molecule has 25 heavy (non-hydrogen) atoms. The Morgan fingerprint density at radius 2 is 1.76 bits per heavy atom. The number of aryl methyl sites for hydroxylation is 1. The van der Waals surface area contributed by atoms with Crippen molar-refractivity contribution in [1.29, 1.82) is 0 Å². The molecule has 0 unspecified atom stereocenters. The van der Waals surface area contributed by atoms with Crippen LogP contribution in [0.2, 0.25) is 5.02 Å². The van der Waals surface area contributed by atoms with Gasteiger partial charge in [-0.2, -0.15) is 0 Å². The fourth-order valence-corrected chi connectivity index (χ4v) is 5.37. The predicted octanol–water partition coefficient (Wildman–Crippen LogP) is 3.77. The van der Waals surface area contributed by atoms with Crippen LogP contribution in [0.25, 0.3) is 0 Å². The minimum absolute atomic E-state index is 0.116. The van der Waals surface area contributed by atoms with Crippen LogP contribution in [0.1, 0.15) is 31.2 Å². The summed E-state index contributed by atoms with van der Waals surface area (Å²) in [6.45, 7) is 1.89. The summed E-state index contributed by atoms with van der Waals surface area (Å²) in [5, 5.41) is 3.14. The van der Waals surface area contributed by atoms with Gasteiger partial charge < -0.3 is 5.32 Å². The molecule has 0 bridgehead atoms. The topological polar surface area (TPSA) is 76.1 Å². The number of nitrogens with zero attached hydrogens (tertiary/aromatic N) is 1. The number of benzene rings is 1. The lowest BCUT2D eigenvalue weighted by molar-refractivity contribution is -0.118. The third-order valence-corrected chi connectivity index (χ3v) is 7.38. The molecule has 1 N–H and O–H groups in total. The second kappa shape index (κ2) is 6.77. The molecule has 1 saturated carbocycles. The maximum absolute atomic E-state index is 13.2. The lowest BCUT2D eigenvalue weighted by Crippen LogP contribution is -2.47. The first-order valence-corrected chi connectivity index (χ1v) is 9.96. The lowest BCUT2D eigenvalue weighted by Gasteiger charge is -2.27. The Labute approximate surface area is 152 Å². The van der Waals surface area contributed by atoms with Gasteiger partial charge in [0, 0.05) is 11.2 Å². The number of hydrogen-bond acceptors (Lipinski definition) is 4. The summed E-state index contributed by atoms with van der Waals surface area (Å²) >= 11 is 5.86. The largest absolute Gasteiger partial charge is 0.309 e. The second-order valence-electron chi connectivity index (χ2n) is 6.33. The lowest BCUT2D eigenvalue weighted by atomic mass is 10.1. The number of rotatable bonds is 4. The number of pyridine rings is 1. The Kier molecular flexibility index (Phi) is 4.84. The van der Waals surface area contributed by atoms with Crippen LogP contribution in [0.4, 0.5) is 5.82 Å². The van der Waals surface area contributed by atoms with E-state index < -0.39 is 20.5 Å². The maximum Gasteiger partial charge on any atom is 0.247 e. The molecule has 7 heteroatoms. The molecule has 1 fully saturated rings. The standard InChI is InChI=1S/C18H19ClN2O3S/c1-13-4-9-16(20-12-13)21-17(22)18(10-2-3-11-18)25(23,24)15-7-5-14(19)6-8-15/h4-9,12H,2-3,10-11H2,1H3,(H,20,21,22). The molecule has 1 amide bonds. The summed E-state index contributed by atoms with van der Waals surface area (Å²) < 4.78 is 25.0. The molecular weight excluding hydrogens is 360 g/mol. The number of anilines is 1. The summed E-state index contributed by atoms with van der Waals surface area (Å²) in [7, 11) is -3.84. The number of sulfone groups is 1. The minimum atomic E-state index is -3.84. The Bertz CT molecular complexity index is 872. The number of halogens is 1. The van der Waals surface area contributed by atoms with Gasteiger partial charge in [0.15, 0.2) is 14.6 Å². The fourth-order valence-electron chi connectivity index (χ4n) is 3.18. The molecule has 1 aromatic heterocycles. The molecule has 1 heterocycles. The number of nitrogens with one attached hydrogen (secondary N) is 1. The molecule has 0 aliphatic heterocycles. The van der Waals surface area contributed by atoms with Crippen LogP contribution < -0.4 is 5.32 Å². The second-order valence-corrected chi connectivity index (χ2v) is 9.03. The number of hydrogen-bond donors (Lipinski definition) is 1. The van der Waals surface area contributed by atoms with Gasteiger partial charge in [-0.1, -0.05) is 30.5 Å². The molecule has 5 nitrogen and oxygen atoms in total. The van der Waals surface area contributed by atoms with Gasteiger partial charge in [-0.05, 0) is 55.7 Å². The van der Waals surface area contributed by atoms with Gasteiger partial charge in [-0.3, -0.25) is 4.79 Å². The highest BCUT2D eigenvalue weighted by atomic mass is 35.5. The van der Waals surface area contributed by atoms with Crippen LogP contribution in [0.3, 0.4) is 0 Å². The third-order valence-electron chi connectivity index (χ3n) is 4.62. The highest BCUT2D eigenvalue weighted by Crippen LogP contribution is 2.41. The molecule has 132 valence electrons. The van der Waals surface area contributed by atoms with Gasteiger partial charge in [0.2, 0.25) is 5.91 Å². The molecule has 1 aliphatic rings. The van der Waals surface area contributed by atoms with Crippen molar-refractivity contribution < 1.29 is 13.2 Å². The average molecular weight is 379 g/mol. The SMILES string of the molecule is Cc1ccc(NC(=O)C2(S(=O)(=O)c3ccc(Cl)cc3)CCCC2)nc1. The Balaban J connectivity index is 1.96. The summed E-state index contributed by atoms with van der Waals surface area (Å²) in [5.74, 6) is -0.163. The first-order chi connectivity index (χ1) is 11.8. The van der Waals surface area contributed by atoms with Gasteiger partial charge in [-0.25, -0.2) is 13.4 Å². The van der Waals surface area contributed by atoms with E-state index in [0.717, 1.165) is 5.56 Å². The minimum Gasteiger partial charge on any atom is -0.309 e. The van der Waals surface area contributed by atoms with Crippen molar-refractivity contribution in [2.45, 2.75) is 42.2 Å². The average Bonchev–Trinajstić information content (AvgIpc) is 3.09.